The highest BCUT2D eigenvalue weighted by Gasteiger charge is 2.42. The van der Waals surface area contributed by atoms with Crippen LogP contribution in [0.2, 0.25) is 0 Å². The largest absolute Gasteiger partial charge is 0.508 e. The number of β-amino-alcohol motifs (C(OH)–C–C–N with tert-alkyl or cyclic N) is 1. The van der Waals surface area contributed by atoms with Crippen molar-refractivity contribution in [2.75, 3.05) is 18.8 Å². The van der Waals surface area contributed by atoms with Gasteiger partial charge in [-0.25, -0.2) is 8.42 Å². The summed E-state index contributed by atoms with van der Waals surface area (Å²) in [4.78, 5) is 28.9. The summed E-state index contributed by atoms with van der Waals surface area (Å²) in [5.74, 6) is -0.443. The summed E-state index contributed by atoms with van der Waals surface area (Å²) in [6, 6.07) is 10.9. The Morgan fingerprint density at radius 2 is 1.69 bits per heavy atom. The lowest BCUT2D eigenvalue weighted by molar-refractivity contribution is -0.132. The second-order valence-electron chi connectivity index (χ2n) is 12.9. The molecule has 1 saturated carbocycles. The standard InChI is InChI=1S/C32H45N3O6S/c1-21-25(15-10-16-28(21)36)30(38)33-26(20-42(40,41)24-13-6-5-7-14-24)29(37)19-35-18-23-12-9-8-11-22(23)17-27(35)31(39)34-32(2,3)4/h5-7,10,13-16,22-23,26-27,29,36-37H,8-9,11-12,17-20H2,1-4H3,(H,33,38)(H,34,39)/t22-,23+,26-,27-,29+/m0/s1. The first-order valence-corrected chi connectivity index (χ1v) is 16.5. The fourth-order valence-corrected chi connectivity index (χ4v) is 7.86. The van der Waals surface area contributed by atoms with Crippen LogP contribution >= 0.6 is 0 Å². The summed E-state index contributed by atoms with van der Waals surface area (Å²) in [6.07, 6.45) is 3.82. The third-order valence-electron chi connectivity index (χ3n) is 8.56. The van der Waals surface area contributed by atoms with Gasteiger partial charge < -0.3 is 20.8 Å². The Morgan fingerprint density at radius 3 is 2.36 bits per heavy atom. The zero-order valence-electron chi connectivity index (χ0n) is 25.0. The number of aromatic hydroxyl groups is 1. The van der Waals surface area contributed by atoms with Gasteiger partial charge in [-0.2, -0.15) is 0 Å². The number of hydrogen-bond acceptors (Lipinski definition) is 7. The highest BCUT2D eigenvalue weighted by molar-refractivity contribution is 7.91. The first-order chi connectivity index (χ1) is 19.7. The topological polar surface area (TPSA) is 136 Å². The number of hydrogen-bond donors (Lipinski definition) is 4. The van der Waals surface area contributed by atoms with Crippen molar-refractivity contribution < 1.29 is 28.2 Å². The monoisotopic (exact) mass is 599 g/mol. The molecule has 42 heavy (non-hydrogen) atoms. The lowest BCUT2D eigenvalue weighted by atomic mass is 9.72. The number of fused-ring (bicyclic) bond motifs is 1. The number of phenols is 1. The van der Waals surface area contributed by atoms with Gasteiger partial charge in [-0.1, -0.05) is 43.5 Å². The molecule has 0 spiro atoms. The zero-order valence-corrected chi connectivity index (χ0v) is 25.9. The minimum absolute atomic E-state index is 0.0275. The van der Waals surface area contributed by atoms with Crippen molar-refractivity contribution in [3.8, 4) is 5.75 Å². The number of nitrogens with zero attached hydrogens (tertiary/aromatic N) is 1. The van der Waals surface area contributed by atoms with E-state index in [4.69, 9.17) is 0 Å². The maximum absolute atomic E-state index is 13.5. The molecule has 4 rings (SSSR count). The van der Waals surface area contributed by atoms with Crippen LogP contribution in [0, 0.1) is 18.8 Å². The van der Waals surface area contributed by atoms with Gasteiger partial charge in [0.05, 0.1) is 28.8 Å². The van der Waals surface area contributed by atoms with Gasteiger partial charge in [0.2, 0.25) is 5.91 Å². The summed E-state index contributed by atoms with van der Waals surface area (Å²) in [6.45, 7) is 8.05. The van der Waals surface area contributed by atoms with Crippen LogP contribution in [0.1, 0.15) is 68.8 Å². The van der Waals surface area contributed by atoms with Crippen LogP contribution in [0.25, 0.3) is 0 Å². The lowest BCUT2D eigenvalue weighted by Gasteiger charge is -2.47. The smallest absolute Gasteiger partial charge is 0.252 e. The van der Waals surface area contributed by atoms with Crippen LogP contribution in [-0.4, -0.2) is 77.9 Å². The molecule has 0 unspecified atom stereocenters. The first-order valence-electron chi connectivity index (χ1n) is 14.9. The highest BCUT2D eigenvalue weighted by atomic mass is 32.2. The summed E-state index contributed by atoms with van der Waals surface area (Å²) >= 11 is 0. The molecule has 0 bridgehead atoms. The first kappa shape index (κ1) is 32.0. The molecule has 9 nitrogen and oxygen atoms in total. The SMILES string of the molecule is Cc1c(O)cccc1C(=O)N[C@@H](CS(=O)(=O)c1ccccc1)[C@H](O)CN1C[C@H]2CCCC[C@H]2C[C@H]1C(=O)NC(C)(C)C. The molecule has 1 aliphatic heterocycles. The van der Waals surface area contributed by atoms with Crippen LogP contribution in [0.4, 0.5) is 0 Å². The van der Waals surface area contributed by atoms with Gasteiger partial charge in [-0.05, 0) is 76.6 Å². The fourth-order valence-electron chi connectivity index (χ4n) is 6.32. The number of benzene rings is 2. The average molecular weight is 600 g/mol. The molecule has 2 amide bonds. The number of rotatable bonds is 9. The number of carbonyl (C=O) groups is 2. The average Bonchev–Trinajstić information content (AvgIpc) is 2.93. The van der Waals surface area contributed by atoms with E-state index in [0.29, 0.717) is 30.4 Å². The van der Waals surface area contributed by atoms with Gasteiger partial charge in [0.25, 0.3) is 5.91 Å². The van der Waals surface area contributed by atoms with Gasteiger partial charge in [0.1, 0.15) is 5.75 Å². The molecule has 1 saturated heterocycles. The number of amides is 2. The number of sulfone groups is 1. The molecule has 2 aliphatic rings. The molecule has 10 heteroatoms. The quantitative estimate of drug-likeness (QED) is 0.347. The van der Waals surface area contributed by atoms with Crippen molar-refractivity contribution in [2.45, 2.75) is 88.4 Å². The van der Waals surface area contributed by atoms with E-state index in [-0.39, 0.29) is 28.7 Å². The van der Waals surface area contributed by atoms with Crippen LogP contribution in [-0.2, 0) is 14.6 Å². The van der Waals surface area contributed by atoms with Gasteiger partial charge in [-0.15, -0.1) is 0 Å². The molecular formula is C32H45N3O6S. The molecule has 230 valence electrons. The van der Waals surface area contributed by atoms with E-state index in [2.05, 4.69) is 10.6 Å². The molecule has 2 fully saturated rings. The minimum atomic E-state index is -3.89. The van der Waals surface area contributed by atoms with Crippen molar-refractivity contribution in [2.24, 2.45) is 11.8 Å². The number of aliphatic hydroxyl groups excluding tert-OH is 1. The van der Waals surface area contributed by atoms with Crippen molar-refractivity contribution in [3.05, 3.63) is 59.7 Å². The second-order valence-corrected chi connectivity index (χ2v) is 15.0. The maximum Gasteiger partial charge on any atom is 0.252 e. The maximum atomic E-state index is 13.5. The Morgan fingerprint density at radius 1 is 1.02 bits per heavy atom. The Kier molecular flexibility index (Phi) is 10.0. The third-order valence-corrected chi connectivity index (χ3v) is 10.3. The van der Waals surface area contributed by atoms with Crippen molar-refractivity contribution in [1.82, 2.24) is 15.5 Å². The number of aliphatic hydroxyl groups is 1. The van der Waals surface area contributed by atoms with E-state index >= 15 is 0 Å². The second kappa shape index (κ2) is 13.1. The predicted molar refractivity (Wildman–Crippen MR) is 162 cm³/mol. The minimum Gasteiger partial charge on any atom is -0.508 e. The van der Waals surface area contributed by atoms with Crippen LogP contribution in [0.15, 0.2) is 53.4 Å². The van der Waals surface area contributed by atoms with Crippen molar-refractivity contribution in [1.29, 1.82) is 0 Å². The fraction of sp³-hybridized carbons (Fsp3) is 0.562. The number of piperidine rings is 1. The number of nitrogens with one attached hydrogen (secondary N) is 2. The van der Waals surface area contributed by atoms with E-state index in [9.17, 15) is 28.2 Å². The Labute approximate surface area is 249 Å². The summed E-state index contributed by atoms with van der Waals surface area (Å²) in [5, 5.41) is 27.6. The molecule has 0 aromatic heterocycles. The molecule has 2 aromatic carbocycles. The molecule has 1 aliphatic carbocycles. The zero-order chi connectivity index (χ0) is 30.7. The van der Waals surface area contributed by atoms with E-state index in [1.165, 1.54) is 24.3 Å². The highest BCUT2D eigenvalue weighted by Crippen LogP contribution is 2.39. The van der Waals surface area contributed by atoms with Gasteiger partial charge >= 0.3 is 0 Å². The molecule has 4 N–H and O–H groups in total. The molecular weight excluding hydrogens is 554 g/mol. The molecule has 5 atom stereocenters. The van der Waals surface area contributed by atoms with Crippen LogP contribution in [0.5, 0.6) is 5.75 Å². The van der Waals surface area contributed by atoms with Gasteiger partial charge in [0.15, 0.2) is 9.84 Å². The van der Waals surface area contributed by atoms with Gasteiger partial charge in [-0.3, -0.25) is 14.5 Å². The van der Waals surface area contributed by atoms with E-state index < -0.39 is 45.2 Å². The Hall–Kier alpha value is -2.95. The van der Waals surface area contributed by atoms with E-state index in [1.807, 2.05) is 25.7 Å². The molecule has 0 radical (unpaired) electrons. The number of carbonyl (C=O) groups excluding carboxylic acids is 2. The Balaban J connectivity index is 1.61. The summed E-state index contributed by atoms with van der Waals surface area (Å²) in [5.41, 5.74) is 0.117. The summed E-state index contributed by atoms with van der Waals surface area (Å²) < 4.78 is 26.8. The van der Waals surface area contributed by atoms with Crippen molar-refractivity contribution in [3.63, 3.8) is 0 Å². The summed E-state index contributed by atoms with van der Waals surface area (Å²) in [7, 11) is -3.89. The predicted octanol–water partition coefficient (Wildman–Crippen LogP) is 3.43. The van der Waals surface area contributed by atoms with Gasteiger partial charge in [0, 0.05) is 29.8 Å². The normalized spacial score (nSPS) is 22.9. The van der Waals surface area contributed by atoms with Crippen LogP contribution in [0.3, 0.4) is 0 Å². The molecule has 2 aromatic rings. The number of phenolic OH excluding ortho intramolecular Hbond substituents is 1. The number of likely N-dealkylation sites (tertiary alicyclic amines) is 1. The van der Waals surface area contributed by atoms with E-state index in [0.717, 1.165) is 25.7 Å². The van der Waals surface area contributed by atoms with E-state index in [1.54, 1.807) is 31.2 Å². The molecule has 1 heterocycles. The lowest BCUT2D eigenvalue weighted by Crippen LogP contribution is -2.60. The van der Waals surface area contributed by atoms with Crippen molar-refractivity contribution >= 4 is 21.7 Å². The van der Waals surface area contributed by atoms with Crippen LogP contribution < -0.4 is 10.6 Å². The third kappa shape index (κ3) is 7.90. The Bertz CT molecular complexity index is 1360.